The molecule has 0 unspecified atom stereocenters. The van der Waals surface area contributed by atoms with Crippen LogP contribution in [0.25, 0.3) is 5.95 Å². The molecule has 7 heteroatoms. The molecule has 1 atom stereocenters. The first-order chi connectivity index (χ1) is 13.8. The lowest BCUT2D eigenvalue weighted by Gasteiger charge is -2.34. The van der Waals surface area contributed by atoms with E-state index in [9.17, 15) is 0 Å². The van der Waals surface area contributed by atoms with Gasteiger partial charge in [-0.05, 0) is 30.3 Å². The fourth-order valence-electron chi connectivity index (χ4n) is 3.93. The van der Waals surface area contributed by atoms with E-state index in [4.69, 9.17) is 4.42 Å². The van der Waals surface area contributed by atoms with Crippen LogP contribution in [0.2, 0.25) is 0 Å². The van der Waals surface area contributed by atoms with Crippen molar-refractivity contribution in [2.24, 2.45) is 0 Å². The van der Waals surface area contributed by atoms with Gasteiger partial charge in [-0.1, -0.05) is 6.92 Å². The fraction of sp³-hybridized carbons (Fsp3) is 0.286. The molecule has 0 amide bonds. The summed E-state index contributed by atoms with van der Waals surface area (Å²) in [5.41, 5.74) is 3.35. The summed E-state index contributed by atoms with van der Waals surface area (Å²) in [6.07, 6.45) is 9.16. The largest absolute Gasteiger partial charge is 0.465 e. The first kappa shape index (κ1) is 16.9. The maximum absolute atomic E-state index is 5.98. The molecule has 5 heterocycles. The van der Waals surface area contributed by atoms with Crippen molar-refractivity contribution in [3.63, 3.8) is 0 Å². The second-order valence-corrected chi connectivity index (χ2v) is 6.96. The smallest absolute Gasteiger partial charge is 0.233 e. The first-order valence-electron chi connectivity index (χ1n) is 9.62. The zero-order chi connectivity index (χ0) is 18.9. The van der Waals surface area contributed by atoms with Gasteiger partial charge in [-0.3, -0.25) is 9.47 Å². The standard InChI is InChI=1S/C21H22N6O/c1-2-15-6-7-16(28-15)13-26-12-8-17-19(25-14-24-17)20(26)18-5-3-11-27(18)21-22-9-4-10-23-21/h3-7,9-11,14,20H,2,8,12-13H2,1H3,(H,24,25)/t20-/m0/s1. The fourth-order valence-corrected chi connectivity index (χ4v) is 3.93. The van der Waals surface area contributed by atoms with Crippen molar-refractivity contribution < 1.29 is 4.42 Å². The molecule has 0 aromatic carbocycles. The number of imidazole rings is 1. The van der Waals surface area contributed by atoms with E-state index in [0.29, 0.717) is 5.95 Å². The van der Waals surface area contributed by atoms with Crippen LogP contribution in [0.1, 0.15) is 41.6 Å². The maximum atomic E-state index is 5.98. The van der Waals surface area contributed by atoms with E-state index in [2.05, 4.69) is 50.0 Å². The molecule has 4 aromatic rings. The third kappa shape index (κ3) is 2.93. The van der Waals surface area contributed by atoms with E-state index in [1.807, 2.05) is 22.9 Å². The molecule has 0 bridgehead atoms. The Kier molecular flexibility index (Phi) is 4.29. The Morgan fingerprint density at radius 2 is 1.96 bits per heavy atom. The van der Waals surface area contributed by atoms with Crippen LogP contribution in [0.5, 0.6) is 0 Å². The van der Waals surface area contributed by atoms with Gasteiger partial charge in [0.1, 0.15) is 11.5 Å². The molecule has 7 nitrogen and oxygen atoms in total. The molecule has 1 aliphatic rings. The van der Waals surface area contributed by atoms with E-state index in [1.165, 1.54) is 5.69 Å². The average molecular weight is 374 g/mol. The summed E-state index contributed by atoms with van der Waals surface area (Å²) in [6, 6.07) is 10.1. The predicted molar refractivity (Wildman–Crippen MR) is 104 cm³/mol. The average Bonchev–Trinajstić information content (AvgIpc) is 3.49. The highest BCUT2D eigenvalue weighted by Crippen LogP contribution is 2.35. The van der Waals surface area contributed by atoms with Crippen LogP contribution in [0.4, 0.5) is 0 Å². The quantitative estimate of drug-likeness (QED) is 0.580. The summed E-state index contributed by atoms with van der Waals surface area (Å²) in [5, 5.41) is 0. The van der Waals surface area contributed by atoms with Gasteiger partial charge in [0.2, 0.25) is 5.95 Å². The second kappa shape index (κ2) is 7.09. The monoisotopic (exact) mass is 374 g/mol. The summed E-state index contributed by atoms with van der Waals surface area (Å²) in [4.78, 5) is 19.2. The SMILES string of the molecule is CCc1ccc(CN2CCc3[nH]cnc3[C@@H]2c2cccn2-c2ncccn2)o1. The number of hydrogen-bond donors (Lipinski definition) is 1. The van der Waals surface area contributed by atoms with Crippen LogP contribution in [0.15, 0.2) is 59.7 Å². The number of aromatic nitrogens is 5. The zero-order valence-corrected chi connectivity index (χ0v) is 15.7. The first-order valence-corrected chi connectivity index (χ1v) is 9.62. The van der Waals surface area contributed by atoms with Gasteiger partial charge in [0, 0.05) is 49.4 Å². The van der Waals surface area contributed by atoms with Gasteiger partial charge in [0.25, 0.3) is 0 Å². The van der Waals surface area contributed by atoms with Crippen molar-refractivity contribution in [2.45, 2.75) is 32.4 Å². The Morgan fingerprint density at radius 3 is 2.79 bits per heavy atom. The van der Waals surface area contributed by atoms with Gasteiger partial charge < -0.3 is 9.40 Å². The Bertz CT molecular complexity index is 1060. The second-order valence-electron chi connectivity index (χ2n) is 6.96. The van der Waals surface area contributed by atoms with Crippen LogP contribution in [-0.2, 0) is 19.4 Å². The van der Waals surface area contributed by atoms with Crippen molar-refractivity contribution in [2.75, 3.05) is 6.54 Å². The Hall–Kier alpha value is -3.19. The van der Waals surface area contributed by atoms with Gasteiger partial charge in [-0.25, -0.2) is 15.0 Å². The normalized spacial score (nSPS) is 17.0. The number of furan rings is 1. The Morgan fingerprint density at radius 1 is 1.11 bits per heavy atom. The van der Waals surface area contributed by atoms with Gasteiger partial charge in [-0.2, -0.15) is 0 Å². The minimum atomic E-state index is 0.00369. The molecule has 0 spiro atoms. The van der Waals surface area contributed by atoms with E-state index in [0.717, 1.165) is 48.8 Å². The van der Waals surface area contributed by atoms with Crippen molar-refractivity contribution in [3.05, 3.63) is 83.9 Å². The molecule has 0 fully saturated rings. The van der Waals surface area contributed by atoms with Crippen LogP contribution in [0, 0.1) is 0 Å². The van der Waals surface area contributed by atoms with Crippen molar-refractivity contribution in [3.8, 4) is 5.95 Å². The van der Waals surface area contributed by atoms with Crippen molar-refractivity contribution in [1.29, 1.82) is 0 Å². The van der Waals surface area contributed by atoms with E-state index in [1.54, 1.807) is 18.7 Å². The van der Waals surface area contributed by atoms with Crippen molar-refractivity contribution in [1.82, 2.24) is 29.4 Å². The number of nitrogens with one attached hydrogen (secondary N) is 1. The molecule has 28 heavy (non-hydrogen) atoms. The van der Waals surface area contributed by atoms with Crippen LogP contribution < -0.4 is 0 Å². The van der Waals surface area contributed by atoms with E-state index < -0.39 is 0 Å². The summed E-state index contributed by atoms with van der Waals surface area (Å²) in [7, 11) is 0. The number of nitrogens with zero attached hydrogens (tertiary/aromatic N) is 5. The van der Waals surface area contributed by atoms with Crippen LogP contribution in [0.3, 0.4) is 0 Å². The third-order valence-electron chi connectivity index (χ3n) is 5.28. The number of rotatable bonds is 5. The summed E-state index contributed by atoms with van der Waals surface area (Å²) < 4.78 is 8.03. The molecular formula is C21H22N6O. The summed E-state index contributed by atoms with van der Waals surface area (Å²) in [6.45, 7) is 3.76. The Balaban J connectivity index is 1.55. The zero-order valence-electron chi connectivity index (χ0n) is 15.7. The number of fused-ring (bicyclic) bond motifs is 1. The molecule has 142 valence electrons. The highest BCUT2D eigenvalue weighted by molar-refractivity contribution is 5.33. The highest BCUT2D eigenvalue weighted by Gasteiger charge is 2.33. The van der Waals surface area contributed by atoms with E-state index >= 15 is 0 Å². The molecule has 0 saturated heterocycles. The summed E-state index contributed by atoms with van der Waals surface area (Å²) >= 11 is 0. The molecule has 5 rings (SSSR count). The minimum absolute atomic E-state index is 0.00369. The molecule has 1 aliphatic heterocycles. The number of aromatic amines is 1. The molecule has 1 N–H and O–H groups in total. The number of aryl methyl sites for hydroxylation is 1. The van der Waals surface area contributed by atoms with Crippen LogP contribution in [-0.4, -0.2) is 35.9 Å². The third-order valence-corrected chi connectivity index (χ3v) is 5.28. The maximum Gasteiger partial charge on any atom is 0.233 e. The predicted octanol–water partition coefficient (Wildman–Crippen LogP) is 3.29. The van der Waals surface area contributed by atoms with E-state index in [-0.39, 0.29) is 6.04 Å². The van der Waals surface area contributed by atoms with Gasteiger partial charge in [0.05, 0.1) is 24.6 Å². The highest BCUT2D eigenvalue weighted by atomic mass is 16.3. The lowest BCUT2D eigenvalue weighted by molar-refractivity contribution is 0.179. The lowest BCUT2D eigenvalue weighted by Crippen LogP contribution is -2.36. The van der Waals surface area contributed by atoms with Gasteiger partial charge >= 0.3 is 0 Å². The molecule has 4 aromatic heterocycles. The van der Waals surface area contributed by atoms with Crippen molar-refractivity contribution >= 4 is 0 Å². The molecule has 0 saturated carbocycles. The van der Waals surface area contributed by atoms with Gasteiger partial charge in [0.15, 0.2) is 0 Å². The Labute approximate surface area is 163 Å². The molecular weight excluding hydrogens is 352 g/mol. The number of hydrogen-bond acceptors (Lipinski definition) is 5. The summed E-state index contributed by atoms with van der Waals surface area (Å²) in [5.74, 6) is 2.66. The number of H-pyrrole nitrogens is 1. The van der Waals surface area contributed by atoms with Crippen LogP contribution >= 0.6 is 0 Å². The molecule has 0 radical (unpaired) electrons. The topological polar surface area (TPSA) is 75.8 Å². The minimum Gasteiger partial charge on any atom is -0.465 e. The van der Waals surface area contributed by atoms with Gasteiger partial charge in [-0.15, -0.1) is 0 Å². The lowest BCUT2D eigenvalue weighted by atomic mass is 9.99. The molecule has 0 aliphatic carbocycles.